The number of aromatic nitrogens is 1. The van der Waals surface area contributed by atoms with Crippen LogP contribution in [0.3, 0.4) is 0 Å². The third-order valence-electron chi connectivity index (χ3n) is 3.21. The molecule has 2 rings (SSSR count). The van der Waals surface area contributed by atoms with E-state index in [0.29, 0.717) is 11.4 Å². The van der Waals surface area contributed by atoms with Crippen molar-refractivity contribution in [2.45, 2.75) is 0 Å². The second-order valence-corrected chi connectivity index (χ2v) is 4.41. The first kappa shape index (κ1) is 16.2. The van der Waals surface area contributed by atoms with Crippen LogP contribution in [0.1, 0.15) is 21.0 Å². The molecule has 0 aliphatic rings. The van der Waals surface area contributed by atoms with Gasteiger partial charge in [0.25, 0.3) is 0 Å². The fourth-order valence-electron chi connectivity index (χ4n) is 2.11. The number of rotatable bonds is 4. The molecular formula is C15H15NO7. The van der Waals surface area contributed by atoms with Crippen LogP contribution in [0.15, 0.2) is 24.3 Å². The molecule has 1 aromatic heterocycles. The summed E-state index contributed by atoms with van der Waals surface area (Å²) < 4.78 is 15.3. The average Bonchev–Trinajstić information content (AvgIpc) is 2.85. The lowest BCUT2D eigenvalue weighted by molar-refractivity contribution is 0.0582. The molecule has 0 amide bonds. The number of carbonyl (C=O) groups is 2. The monoisotopic (exact) mass is 321 g/mol. The molecule has 122 valence electrons. The van der Waals surface area contributed by atoms with Crippen LogP contribution in [0, 0.1) is 0 Å². The molecule has 0 saturated heterocycles. The highest BCUT2D eigenvalue weighted by molar-refractivity contribution is 6.00. The average molecular weight is 321 g/mol. The van der Waals surface area contributed by atoms with Crippen LogP contribution < -0.4 is 4.74 Å². The van der Waals surface area contributed by atoms with Crippen LogP contribution in [0.25, 0.3) is 5.69 Å². The van der Waals surface area contributed by atoms with E-state index in [1.165, 1.54) is 19.2 Å². The Bertz CT molecular complexity index is 707. The molecule has 2 N–H and O–H groups in total. The van der Waals surface area contributed by atoms with Gasteiger partial charge in [0.2, 0.25) is 0 Å². The number of aromatic hydroxyl groups is 2. The summed E-state index contributed by atoms with van der Waals surface area (Å²) in [6.45, 7) is 0. The van der Waals surface area contributed by atoms with E-state index in [9.17, 15) is 19.8 Å². The molecule has 0 radical (unpaired) electrons. The van der Waals surface area contributed by atoms with Crippen molar-refractivity contribution < 1.29 is 34.0 Å². The summed E-state index contributed by atoms with van der Waals surface area (Å²) in [6.07, 6.45) is 0. The predicted molar refractivity (Wildman–Crippen MR) is 78.3 cm³/mol. The normalized spacial score (nSPS) is 10.2. The van der Waals surface area contributed by atoms with Gasteiger partial charge in [-0.05, 0) is 24.3 Å². The Morgan fingerprint density at radius 2 is 1.30 bits per heavy atom. The van der Waals surface area contributed by atoms with Crippen molar-refractivity contribution >= 4 is 11.9 Å². The zero-order chi connectivity index (χ0) is 17.1. The molecule has 0 aliphatic heterocycles. The van der Waals surface area contributed by atoms with Gasteiger partial charge in [-0.3, -0.25) is 4.57 Å². The number of carbonyl (C=O) groups excluding carboxylic acids is 2. The zero-order valence-electron chi connectivity index (χ0n) is 12.7. The Labute approximate surface area is 131 Å². The van der Waals surface area contributed by atoms with Crippen molar-refractivity contribution in [3.8, 4) is 22.9 Å². The van der Waals surface area contributed by atoms with E-state index in [0.717, 1.165) is 18.8 Å². The molecule has 0 spiro atoms. The molecule has 0 fully saturated rings. The molecule has 0 atom stereocenters. The van der Waals surface area contributed by atoms with Gasteiger partial charge in [-0.15, -0.1) is 0 Å². The second-order valence-electron chi connectivity index (χ2n) is 4.41. The molecular weight excluding hydrogens is 306 g/mol. The summed E-state index contributed by atoms with van der Waals surface area (Å²) in [6, 6.07) is 6.25. The minimum Gasteiger partial charge on any atom is -0.503 e. The van der Waals surface area contributed by atoms with Gasteiger partial charge in [-0.1, -0.05) is 0 Å². The maximum Gasteiger partial charge on any atom is 0.359 e. The van der Waals surface area contributed by atoms with Crippen molar-refractivity contribution in [3.05, 3.63) is 35.7 Å². The Balaban J connectivity index is 2.78. The molecule has 8 nitrogen and oxygen atoms in total. The minimum atomic E-state index is -0.927. The first-order chi connectivity index (χ1) is 11.0. The van der Waals surface area contributed by atoms with Crippen molar-refractivity contribution in [2.75, 3.05) is 21.3 Å². The van der Waals surface area contributed by atoms with Crippen LogP contribution >= 0.6 is 0 Å². The lowest BCUT2D eigenvalue weighted by atomic mass is 10.2. The highest BCUT2D eigenvalue weighted by Gasteiger charge is 2.32. The molecule has 1 aromatic carbocycles. The summed E-state index contributed by atoms with van der Waals surface area (Å²) in [7, 11) is 3.71. The van der Waals surface area contributed by atoms with Gasteiger partial charge in [0, 0.05) is 5.69 Å². The molecule has 0 unspecified atom stereocenters. The number of esters is 2. The second kappa shape index (κ2) is 6.30. The van der Waals surface area contributed by atoms with Gasteiger partial charge in [0.1, 0.15) is 5.75 Å². The van der Waals surface area contributed by atoms with Gasteiger partial charge >= 0.3 is 11.9 Å². The van der Waals surface area contributed by atoms with Crippen molar-refractivity contribution in [1.29, 1.82) is 0 Å². The third-order valence-corrected chi connectivity index (χ3v) is 3.21. The van der Waals surface area contributed by atoms with E-state index in [1.807, 2.05) is 0 Å². The summed E-state index contributed by atoms with van der Waals surface area (Å²) >= 11 is 0. The number of benzene rings is 1. The third kappa shape index (κ3) is 2.66. The van der Waals surface area contributed by atoms with Gasteiger partial charge in [0.05, 0.1) is 21.3 Å². The van der Waals surface area contributed by atoms with Gasteiger partial charge in [-0.2, -0.15) is 0 Å². The Hall–Kier alpha value is -3.16. The summed E-state index contributed by atoms with van der Waals surface area (Å²) in [5.74, 6) is -2.85. The standard InChI is InChI=1S/C15H15NO7/c1-21-9-6-4-8(5-7-9)16-10(14(19)22-2)12(17)13(18)11(16)15(20)23-3/h4-7,17-18H,1-3H3. The van der Waals surface area contributed by atoms with E-state index in [-0.39, 0.29) is 0 Å². The van der Waals surface area contributed by atoms with E-state index in [2.05, 4.69) is 9.47 Å². The number of ether oxygens (including phenoxy) is 3. The molecule has 23 heavy (non-hydrogen) atoms. The van der Waals surface area contributed by atoms with Crippen LogP contribution in [-0.2, 0) is 9.47 Å². The van der Waals surface area contributed by atoms with E-state index >= 15 is 0 Å². The summed E-state index contributed by atoms with van der Waals surface area (Å²) in [4.78, 5) is 23.9. The Morgan fingerprint density at radius 3 is 1.65 bits per heavy atom. The maximum atomic E-state index is 11.9. The Morgan fingerprint density at radius 1 is 0.870 bits per heavy atom. The number of nitrogens with zero attached hydrogens (tertiary/aromatic N) is 1. The van der Waals surface area contributed by atoms with Crippen molar-refractivity contribution in [3.63, 3.8) is 0 Å². The summed E-state index contributed by atoms with van der Waals surface area (Å²) in [5.41, 5.74) is -0.465. The first-order valence-electron chi connectivity index (χ1n) is 6.43. The number of hydrogen-bond acceptors (Lipinski definition) is 7. The van der Waals surface area contributed by atoms with Crippen LogP contribution in [0.4, 0.5) is 0 Å². The minimum absolute atomic E-state index is 0.321. The molecule has 0 saturated carbocycles. The fraction of sp³-hybridized carbons (Fsp3) is 0.200. The largest absolute Gasteiger partial charge is 0.503 e. The van der Waals surface area contributed by atoms with Crippen molar-refractivity contribution in [1.82, 2.24) is 4.57 Å². The van der Waals surface area contributed by atoms with Crippen molar-refractivity contribution in [2.24, 2.45) is 0 Å². The van der Waals surface area contributed by atoms with E-state index in [4.69, 9.17) is 4.74 Å². The van der Waals surface area contributed by atoms with Crippen LogP contribution in [0.5, 0.6) is 17.2 Å². The molecule has 0 aliphatic carbocycles. The van der Waals surface area contributed by atoms with E-state index < -0.39 is 34.8 Å². The smallest absolute Gasteiger partial charge is 0.359 e. The van der Waals surface area contributed by atoms with Gasteiger partial charge in [-0.25, -0.2) is 9.59 Å². The van der Waals surface area contributed by atoms with Gasteiger partial charge < -0.3 is 24.4 Å². The highest BCUT2D eigenvalue weighted by atomic mass is 16.5. The lowest BCUT2D eigenvalue weighted by Gasteiger charge is -2.11. The van der Waals surface area contributed by atoms with Crippen LogP contribution in [-0.4, -0.2) is 48.0 Å². The zero-order valence-corrected chi connectivity index (χ0v) is 12.7. The molecule has 2 aromatic rings. The Kier molecular flexibility index (Phi) is 4.44. The number of methoxy groups -OCH3 is 3. The molecule has 0 bridgehead atoms. The predicted octanol–water partition coefficient (Wildman–Crippen LogP) is 1.47. The molecule has 8 heteroatoms. The highest BCUT2D eigenvalue weighted by Crippen LogP contribution is 2.39. The van der Waals surface area contributed by atoms with Gasteiger partial charge in [0.15, 0.2) is 22.9 Å². The topological polar surface area (TPSA) is 107 Å². The lowest BCUT2D eigenvalue weighted by Crippen LogP contribution is -2.15. The van der Waals surface area contributed by atoms with Crippen LogP contribution in [0.2, 0.25) is 0 Å². The fourth-order valence-corrected chi connectivity index (χ4v) is 2.11. The quantitative estimate of drug-likeness (QED) is 0.821. The maximum absolute atomic E-state index is 11.9. The van der Waals surface area contributed by atoms with E-state index in [1.54, 1.807) is 12.1 Å². The SMILES string of the molecule is COC(=O)c1c(O)c(O)c(C(=O)OC)n1-c1ccc(OC)cc1. The summed E-state index contributed by atoms with van der Waals surface area (Å²) in [5, 5.41) is 20.0. The number of hydrogen-bond donors (Lipinski definition) is 2. The molecule has 1 heterocycles. The first-order valence-corrected chi connectivity index (χ1v) is 6.43.